The van der Waals surface area contributed by atoms with Crippen molar-refractivity contribution in [3.05, 3.63) is 23.4 Å². The van der Waals surface area contributed by atoms with Crippen molar-refractivity contribution in [3.63, 3.8) is 0 Å². The summed E-state index contributed by atoms with van der Waals surface area (Å²) in [4.78, 5) is 22.0. The third-order valence-electron chi connectivity index (χ3n) is 4.45. The van der Waals surface area contributed by atoms with E-state index < -0.39 is 6.04 Å². The van der Waals surface area contributed by atoms with E-state index in [2.05, 4.69) is 15.0 Å². The molecule has 0 unspecified atom stereocenters. The Bertz CT molecular complexity index is 699. The number of hydrogen-bond acceptors (Lipinski definition) is 7. The molecule has 8 heteroatoms. The van der Waals surface area contributed by atoms with E-state index in [-0.39, 0.29) is 11.3 Å². The second kappa shape index (κ2) is 7.23. The monoisotopic (exact) mass is 363 g/mol. The highest BCUT2D eigenvalue weighted by molar-refractivity contribution is 7.13. The van der Waals surface area contributed by atoms with Gasteiger partial charge in [0.15, 0.2) is 0 Å². The molecule has 1 atom stereocenters. The number of carbonyl (C=O) groups is 1. The van der Waals surface area contributed by atoms with Gasteiger partial charge in [-0.15, -0.1) is 11.3 Å². The van der Waals surface area contributed by atoms with Crippen LogP contribution in [0.25, 0.3) is 10.7 Å². The standard InChI is InChI=1S/C17H25N5O2S/c1-17(2,3)14(18)16(23)22-8-6-21(7-9-22)11-13-19-15(20-24-13)12-5-4-10-25-12/h4-5,10,14H,6-9,11,18H2,1-3H3/t14-/m1/s1. The summed E-state index contributed by atoms with van der Waals surface area (Å²) in [6.07, 6.45) is 0. The third kappa shape index (κ3) is 4.26. The Labute approximate surface area is 151 Å². The van der Waals surface area contributed by atoms with E-state index in [1.807, 2.05) is 43.2 Å². The van der Waals surface area contributed by atoms with Crippen LogP contribution in [0.4, 0.5) is 0 Å². The highest BCUT2D eigenvalue weighted by atomic mass is 32.1. The largest absolute Gasteiger partial charge is 0.339 e. The van der Waals surface area contributed by atoms with Gasteiger partial charge in [0.2, 0.25) is 17.6 Å². The van der Waals surface area contributed by atoms with Gasteiger partial charge in [-0.25, -0.2) is 0 Å². The fourth-order valence-corrected chi connectivity index (χ4v) is 3.36. The van der Waals surface area contributed by atoms with E-state index in [1.54, 1.807) is 11.3 Å². The molecule has 1 aliphatic rings. The highest BCUT2D eigenvalue weighted by Gasteiger charge is 2.32. The summed E-state index contributed by atoms with van der Waals surface area (Å²) in [6.45, 7) is 9.49. The van der Waals surface area contributed by atoms with Gasteiger partial charge in [-0.3, -0.25) is 9.69 Å². The molecule has 0 aliphatic carbocycles. The van der Waals surface area contributed by atoms with Gasteiger partial charge >= 0.3 is 0 Å². The summed E-state index contributed by atoms with van der Waals surface area (Å²) in [5.41, 5.74) is 5.87. The topological polar surface area (TPSA) is 88.5 Å². The van der Waals surface area contributed by atoms with Crippen molar-refractivity contribution in [2.24, 2.45) is 11.1 Å². The maximum Gasteiger partial charge on any atom is 0.241 e. The van der Waals surface area contributed by atoms with Crippen LogP contribution in [-0.2, 0) is 11.3 Å². The molecule has 25 heavy (non-hydrogen) atoms. The van der Waals surface area contributed by atoms with Gasteiger partial charge in [-0.1, -0.05) is 32.0 Å². The summed E-state index contributed by atoms with van der Waals surface area (Å²) in [5, 5.41) is 6.02. The number of carbonyl (C=O) groups excluding carboxylic acids is 1. The Morgan fingerprint density at radius 1 is 1.36 bits per heavy atom. The number of nitrogens with two attached hydrogens (primary N) is 1. The van der Waals surface area contributed by atoms with Crippen LogP contribution < -0.4 is 5.73 Å². The molecule has 1 saturated heterocycles. The Kier molecular flexibility index (Phi) is 5.21. The first-order valence-electron chi connectivity index (χ1n) is 8.48. The normalized spacial score (nSPS) is 17.7. The number of thiophene rings is 1. The number of amides is 1. The molecule has 0 bridgehead atoms. The summed E-state index contributed by atoms with van der Waals surface area (Å²) in [5.74, 6) is 1.27. The van der Waals surface area contributed by atoms with Gasteiger partial charge in [-0.05, 0) is 16.9 Å². The van der Waals surface area contributed by atoms with Crippen molar-refractivity contribution in [2.75, 3.05) is 26.2 Å². The molecule has 0 radical (unpaired) electrons. The van der Waals surface area contributed by atoms with Crippen molar-refractivity contribution in [2.45, 2.75) is 33.4 Å². The summed E-state index contributed by atoms with van der Waals surface area (Å²) in [7, 11) is 0. The number of hydrogen-bond donors (Lipinski definition) is 1. The van der Waals surface area contributed by atoms with Crippen molar-refractivity contribution >= 4 is 17.2 Å². The van der Waals surface area contributed by atoms with Crippen LogP contribution in [-0.4, -0.2) is 58.1 Å². The molecule has 3 heterocycles. The molecule has 136 valence electrons. The summed E-state index contributed by atoms with van der Waals surface area (Å²) < 4.78 is 5.35. The zero-order valence-corrected chi connectivity index (χ0v) is 15.8. The molecule has 0 aromatic carbocycles. The van der Waals surface area contributed by atoms with Crippen molar-refractivity contribution < 1.29 is 9.32 Å². The van der Waals surface area contributed by atoms with Crippen LogP contribution in [0.2, 0.25) is 0 Å². The molecule has 1 aliphatic heterocycles. The average Bonchev–Trinajstić information content (AvgIpc) is 3.24. The van der Waals surface area contributed by atoms with Crippen LogP contribution in [0.1, 0.15) is 26.7 Å². The van der Waals surface area contributed by atoms with Gasteiger partial charge in [0, 0.05) is 26.2 Å². The molecule has 2 N–H and O–H groups in total. The first kappa shape index (κ1) is 18.0. The lowest BCUT2D eigenvalue weighted by Crippen LogP contribution is -2.56. The average molecular weight is 363 g/mol. The molecular formula is C17H25N5O2S. The Balaban J connectivity index is 1.52. The number of piperazine rings is 1. The fourth-order valence-electron chi connectivity index (χ4n) is 2.71. The molecule has 7 nitrogen and oxygen atoms in total. The number of nitrogens with zero attached hydrogens (tertiary/aromatic N) is 4. The molecular weight excluding hydrogens is 338 g/mol. The second-order valence-corrected chi connectivity index (χ2v) is 8.38. The van der Waals surface area contributed by atoms with E-state index in [0.29, 0.717) is 31.3 Å². The third-order valence-corrected chi connectivity index (χ3v) is 5.32. The van der Waals surface area contributed by atoms with E-state index in [1.165, 1.54) is 0 Å². The zero-order chi connectivity index (χ0) is 18.0. The van der Waals surface area contributed by atoms with Crippen LogP contribution in [0.3, 0.4) is 0 Å². The lowest BCUT2D eigenvalue weighted by molar-refractivity contribution is -0.136. The molecule has 0 spiro atoms. The quantitative estimate of drug-likeness (QED) is 0.891. The van der Waals surface area contributed by atoms with Gasteiger partial charge < -0.3 is 15.2 Å². The Morgan fingerprint density at radius 2 is 2.08 bits per heavy atom. The predicted molar refractivity (Wildman–Crippen MR) is 96.9 cm³/mol. The molecule has 1 amide bonds. The van der Waals surface area contributed by atoms with E-state index in [0.717, 1.165) is 18.0 Å². The molecule has 0 saturated carbocycles. The zero-order valence-electron chi connectivity index (χ0n) is 14.9. The molecule has 2 aromatic heterocycles. The van der Waals surface area contributed by atoms with Gasteiger partial charge in [0.05, 0.1) is 17.5 Å². The molecule has 3 rings (SSSR count). The van der Waals surface area contributed by atoms with Crippen molar-refractivity contribution in [1.82, 2.24) is 19.9 Å². The minimum Gasteiger partial charge on any atom is -0.339 e. The van der Waals surface area contributed by atoms with Gasteiger partial charge in [0.25, 0.3) is 0 Å². The van der Waals surface area contributed by atoms with Gasteiger partial charge in [-0.2, -0.15) is 4.98 Å². The van der Waals surface area contributed by atoms with E-state index in [9.17, 15) is 4.79 Å². The SMILES string of the molecule is CC(C)(C)[C@H](N)C(=O)N1CCN(Cc2nc(-c3cccs3)no2)CC1. The lowest BCUT2D eigenvalue weighted by Gasteiger charge is -2.37. The Hall–Kier alpha value is -1.77. The first-order chi connectivity index (χ1) is 11.8. The fraction of sp³-hybridized carbons (Fsp3) is 0.588. The van der Waals surface area contributed by atoms with Crippen LogP contribution in [0.5, 0.6) is 0 Å². The van der Waals surface area contributed by atoms with Crippen LogP contribution in [0.15, 0.2) is 22.0 Å². The smallest absolute Gasteiger partial charge is 0.241 e. The van der Waals surface area contributed by atoms with E-state index in [4.69, 9.17) is 10.3 Å². The van der Waals surface area contributed by atoms with Gasteiger partial charge in [0.1, 0.15) is 0 Å². The minimum atomic E-state index is -0.469. The first-order valence-corrected chi connectivity index (χ1v) is 9.36. The second-order valence-electron chi connectivity index (χ2n) is 7.43. The molecule has 2 aromatic rings. The maximum atomic E-state index is 12.5. The Morgan fingerprint density at radius 3 is 2.68 bits per heavy atom. The van der Waals surface area contributed by atoms with E-state index >= 15 is 0 Å². The van der Waals surface area contributed by atoms with Crippen LogP contribution >= 0.6 is 11.3 Å². The number of rotatable bonds is 4. The summed E-state index contributed by atoms with van der Waals surface area (Å²) >= 11 is 1.59. The number of aromatic nitrogens is 2. The minimum absolute atomic E-state index is 0.0323. The summed E-state index contributed by atoms with van der Waals surface area (Å²) in [6, 6.07) is 3.47. The highest BCUT2D eigenvalue weighted by Crippen LogP contribution is 2.22. The van der Waals surface area contributed by atoms with Crippen molar-refractivity contribution in [1.29, 1.82) is 0 Å². The predicted octanol–water partition coefficient (Wildman–Crippen LogP) is 1.82. The van der Waals surface area contributed by atoms with Crippen LogP contribution in [0, 0.1) is 5.41 Å². The van der Waals surface area contributed by atoms with Crippen molar-refractivity contribution in [3.8, 4) is 10.7 Å². The molecule has 1 fully saturated rings. The lowest BCUT2D eigenvalue weighted by atomic mass is 9.86. The maximum absolute atomic E-state index is 12.5.